The number of oxazole rings is 1. The van der Waals surface area contributed by atoms with Gasteiger partial charge in [0.05, 0.1) is 6.20 Å². The van der Waals surface area contributed by atoms with Gasteiger partial charge in [0.2, 0.25) is 5.89 Å². The molecule has 0 aliphatic rings. The Morgan fingerprint density at radius 1 is 1.25 bits per heavy atom. The van der Waals surface area contributed by atoms with E-state index in [4.69, 9.17) is 16.0 Å². The van der Waals surface area contributed by atoms with Crippen LogP contribution in [0.2, 0.25) is 0 Å². The molecule has 0 aliphatic carbocycles. The summed E-state index contributed by atoms with van der Waals surface area (Å²) in [7, 11) is 0. The van der Waals surface area contributed by atoms with Gasteiger partial charge in [-0.1, -0.05) is 18.2 Å². The standard InChI is InChI=1S/C13H14ClNO/c1-8-5-4-6-9(2)12(8)11-7-15-13(16-11)10(3)14/h4-7,10H,1-3H3. The number of nitrogens with zero attached hydrogens (tertiary/aromatic N) is 1. The van der Waals surface area contributed by atoms with Crippen molar-refractivity contribution in [3.8, 4) is 11.3 Å². The first kappa shape index (κ1) is 11.2. The van der Waals surface area contributed by atoms with E-state index >= 15 is 0 Å². The summed E-state index contributed by atoms with van der Waals surface area (Å²) in [5.74, 6) is 1.36. The molecule has 2 aromatic rings. The Morgan fingerprint density at radius 2 is 1.88 bits per heavy atom. The van der Waals surface area contributed by atoms with Crippen LogP contribution >= 0.6 is 11.6 Å². The minimum absolute atomic E-state index is 0.196. The molecule has 0 saturated carbocycles. The van der Waals surface area contributed by atoms with Gasteiger partial charge in [0, 0.05) is 5.56 Å². The Bertz CT molecular complexity index is 482. The summed E-state index contributed by atoms with van der Waals surface area (Å²) in [5.41, 5.74) is 3.48. The molecule has 0 saturated heterocycles. The lowest BCUT2D eigenvalue weighted by Crippen LogP contribution is -1.85. The van der Waals surface area contributed by atoms with Crippen molar-refractivity contribution in [2.45, 2.75) is 26.1 Å². The highest BCUT2D eigenvalue weighted by Gasteiger charge is 2.13. The fourth-order valence-corrected chi connectivity index (χ4v) is 1.89. The molecule has 0 spiro atoms. The van der Waals surface area contributed by atoms with Crippen LogP contribution in [0.3, 0.4) is 0 Å². The third-order valence-corrected chi connectivity index (χ3v) is 2.78. The van der Waals surface area contributed by atoms with Crippen molar-refractivity contribution >= 4 is 11.6 Å². The molecular weight excluding hydrogens is 222 g/mol. The van der Waals surface area contributed by atoms with Crippen molar-refractivity contribution in [3.05, 3.63) is 41.4 Å². The fraction of sp³-hybridized carbons (Fsp3) is 0.308. The highest BCUT2D eigenvalue weighted by molar-refractivity contribution is 6.20. The van der Waals surface area contributed by atoms with Gasteiger partial charge in [-0.15, -0.1) is 11.6 Å². The van der Waals surface area contributed by atoms with E-state index in [1.165, 1.54) is 11.1 Å². The Balaban J connectivity index is 2.50. The Morgan fingerprint density at radius 3 is 2.38 bits per heavy atom. The highest BCUT2D eigenvalue weighted by Crippen LogP contribution is 2.30. The summed E-state index contributed by atoms with van der Waals surface area (Å²) in [4.78, 5) is 4.18. The second kappa shape index (κ2) is 4.30. The molecule has 1 unspecified atom stereocenters. The first-order chi connectivity index (χ1) is 7.59. The van der Waals surface area contributed by atoms with Crippen LogP contribution in [0.1, 0.15) is 29.3 Å². The van der Waals surface area contributed by atoms with Crippen molar-refractivity contribution < 1.29 is 4.42 Å². The maximum Gasteiger partial charge on any atom is 0.212 e. The second-order valence-electron chi connectivity index (χ2n) is 3.95. The molecule has 0 aliphatic heterocycles. The van der Waals surface area contributed by atoms with Crippen LogP contribution in [0.4, 0.5) is 0 Å². The Kier molecular flexibility index (Phi) is 3.01. The van der Waals surface area contributed by atoms with Crippen molar-refractivity contribution in [3.63, 3.8) is 0 Å². The predicted octanol–water partition coefficient (Wildman–Crippen LogP) is 4.26. The molecule has 16 heavy (non-hydrogen) atoms. The van der Waals surface area contributed by atoms with Crippen LogP contribution in [0.25, 0.3) is 11.3 Å². The van der Waals surface area contributed by atoms with Crippen molar-refractivity contribution in [1.29, 1.82) is 0 Å². The molecule has 1 aromatic heterocycles. The third kappa shape index (κ3) is 1.98. The van der Waals surface area contributed by atoms with Gasteiger partial charge in [-0.3, -0.25) is 0 Å². The Hall–Kier alpha value is -1.28. The van der Waals surface area contributed by atoms with Crippen LogP contribution < -0.4 is 0 Å². The molecular formula is C13H14ClNO. The zero-order chi connectivity index (χ0) is 11.7. The zero-order valence-electron chi connectivity index (χ0n) is 9.62. The average molecular weight is 236 g/mol. The molecule has 1 atom stereocenters. The van der Waals surface area contributed by atoms with E-state index in [9.17, 15) is 0 Å². The van der Waals surface area contributed by atoms with Gasteiger partial charge < -0.3 is 4.42 Å². The van der Waals surface area contributed by atoms with Crippen LogP contribution in [-0.2, 0) is 0 Å². The molecule has 2 rings (SSSR count). The third-order valence-electron chi connectivity index (χ3n) is 2.59. The normalized spacial score (nSPS) is 12.8. The van der Waals surface area contributed by atoms with Gasteiger partial charge in [-0.25, -0.2) is 4.98 Å². The van der Waals surface area contributed by atoms with E-state index in [1.807, 2.05) is 13.0 Å². The lowest BCUT2D eigenvalue weighted by Gasteiger charge is -2.05. The van der Waals surface area contributed by atoms with E-state index in [-0.39, 0.29) is 5.38 Å². The summed E-state index contributed by atoms with van der Waals surface area (Å²) in [6.07, 6.45) is 1.74. The van der Waals surface area contributed by atoms with Gasteiger partial charge in [-0.2, -0.15) is 0 Å². The number of hydrogen-bond acceptors (Lipinski definition) is 2. The maximum absolute atomic E-state index is 5.93. The monoisotopic (exact) mass is 235 g/mol. The summed E-state index contributed by atoms with van der Waals surface area (Å²) in [6.45, 7) is 5.98. The molecule has 1 heterocycles. The quantitative estimate of drug-likeness (QED) is 0.727. The van der Waals surface area contributed by atoms with Gasteiger partial charge in [-0.05, 0) is 31.9 Å². The number of rotatable bonds is 2. The predicted molar refractivity (Wildman–Crippen MR) is 65.7 cm³/mol. The van der Waals surface area contributed by atoms with E-state index < -0.39 is 0 Å². The van der Waals surface area contributed by atoms with Gasteiger partial charge in [0.15, 0.2) is 5.76 Å². The number of benzene rings is 1. The molecule has 3 heteroatoms. The van der Waals surface area contributed by atoms with Crippen LogP contribution in [0, 0.1) is 13.8 Å². The molecule has 0 bridgehead atoms. The number of aromatic nitrogens is 1. The van der Waals surface area contributed by atoms with E-state index in [1.54, 1.807) is 6.20 Å². The van der Waals surface area contributed by atoms with E-state index in [0.717, 1.165) is 11.3 Å². The first-order valence-corrected chi connectivity index (χ1v) is 5.69. The topological polar surface area (TPSA) is 26.0 Å². The SMILES string of the molecule is Cc1cccc(C)c1-c1cnc(C(C)Cl)o1. The van der Waals surface area contributed by atoms with Crippen molar-refractivity contribution in [2.24, 2.45) is 0 Å². The molecule has 84 valence electrons. The lowest BCUT2D eigenvalue weighted by molar-refractivity contribution is 0.507. The summed E-state index contributed by atoms with van der Waals surface area (Å²) in [5, 5.41) is -0.196. The van der Waals surface area contributed by atoms with Crippen LogP contribution in [-0.4, -0.2) is 4.98 Å². The number of halogens is 1. The summed E-state index contributed by atoms with van der Waals surface area (Å²) in [6, 6.07) is 6.17. The molecule has 2 nitrogen and oxygen atoms in total. The largest absolute Gasteiger partial charge is 0.439 e. The molecule has 0 N–H and O–H groups in total. The first-order valence-electron chi connectivity index (χ1n) is 5.26. The second-order valence-corrected chi connectivity index (χ2v) is 4.60. The van der Waals surface area contributed by atoms with Gasteiger partial charge in [0.25, 0.3) is 0 Å². The zero-order valence-corrected chi connectivity index (χ0v) is 10.4. The maximum atomic E-state index is 5.93. The highest BCUT2D eigenvalue weighted by atomic mass is 35.5. The van der Waals surface area contributed by atoms with E-state index in [2.05, 4.69) is 31.0 Å². The molecule has 0 amide bonds. The average Bonchev–Trinajstić information content (AvgIpc) is 2.66. The molecule has 0 radical (unpaired) electrons. The van der Waals surface area contributed by atoms with Gasteiger partial charge in [0.1, 0.15) is 5.38 Å². The van der Waals surface area contributed by atoms with Crippen molar-refractivity contribution in [1.82, 2.24) is 4.98 Å². The fourth-order valence-electron chi connectivity index (χ4n) is 1.79. The number of aryl methyl sites for hydroxylation is 2. The van der Waals surface area contributed by atoms with E-state index in [0.29, 0.717) is 5.89 Å². The minimum Gasteiger partial charge on any atom is -0.439 e. The van der Waals surface area contributed by atoms with Crippen LogP contribution in [0.5, 0.6) is 0 Å². The minimum atomic E-state index is -0.196. The number of hydrogen-bond donors (Lipinski definition) is 0. The smallest absolute Gasteiger partial charge is 0.212 e. The molecule has 0 fully saturated rings. The van der Waals surface area contributed by atoms with Crippen molar-refractivity contribution in [2.75, 3.05) is 0 Å². The number of alkyl halides is 1. The Labute approximate surface area is 100 Å². The van der Waals surface area contributed by atoms with Crippen LogP contribution in [0.15, 0.2) is 28.8 Å². The lowest BCUT2D eigenvalue weighted by atomic mass is 10.0. The molecule has 1 aromatic carbocycles. The summed E-state index contributed by atoms with van der Waals surface area (Å²) >= 11 is 5.93. The summed E-state index contributed by atoms with van der Waals surface area (Å²) < 4.78 is 5.65. The van der Waals surface area contributed by atoms with Gasteiger partial charge >= 0.3 is 0 Å².